The molecule has 0 amide bonds. The summed E-state index contributed by atoms with van der Waals surface area (Å²) in [6.07, 6.45) is 0.0871. The topological polar surface area (TPSA) is 95.7 Å². The van der Waals surface area contributed by atoms with E-state index in [4.69, 9.17) is 9.47 Å². The number of esters is 2. The lowest BCUT2D eigenvalue weighted by Crippen LogP contribution is -2.49. The number of alkyl halides is 1. The molecular formula is C13H20INO6. The summed E-state index contributed by atoms with van der Waals surface area (Å²) in [7, 11) is 2.37. The van der Waals surface area contributed by atoms with Crippen LogP contribution in [-0.2, 0) is 19.1 Å². The molecule has 0 aromatic rings. The summed E-state index contributed by atoms with van der Waals surface area (Å²) < 4.78 is 10.1. The third-order valence-corrected chi connectivity index (χ3v) is 5.39. The van der Waals surface area contributed by atoms with E-state index in [0.29, 0.717) is 4.43 Å². The number of carbonyl (C=O) groups excluding carboxylic acids is 2. The molecular weight excluding hydrogens is 393 g/mol. The predicted molar refractivity (Wildman–Crippen MR) is 82.6 cm³/mol. The quantitative estimate of drug-likeness (QED) is 0.170. The maximum Gasteiger partial charge on any atom is 0.323 e. The molecule has 8 heteroatoms. The van der Waals surface area contributed by atoms with Crippen molar-refractivity contribution in [2.75, 3.05) is 18.6 Å². The van der Waals surface area contributed by atoms with Gasteiger partial charge in [0.15, 0.2) is 5.41 Å². The van der Waals surface area contributed by atoms with Crippen LogP contribution in [0, 0.1) is 33.3 Å². The van der Waals surface area contributed by atoms with Crippen LogP contribution in [0.25, 0.3) is 0 Å². The van der Waals surface area contributed by atoms with Crippen molar-refractivity contribution >= 4 is 34.5 Å². The first-order valence-corrected chi connectivity index (χ1v) is 8.16. The molecule has 1 aliphatic carbocycles. The Morgan fingerprint density at radius 1 is 1.33 bits per heavy atom. The first-order valence-electron chi connectivity index (χ1n) is 6.64. The number of methoxy groups -OCH3 is 2. The molecule has 0 bridgehead atoms. The van der Waals surface area contributed by atoms with E-state index in [1.54, 1.807) is 13.8 Å². The van der Waals surface area contributed by atoms with Crippen LogP contribution < -0.4 is 0 Å². The monoisotopic (exact) mass is 413 g/mol. The lowest BCUT2D eigenvalue weighted by atomic mass is 9.71. The zero-order chi connectivity index (χ0) is 16.4. The van der Waals surface area contributed by atoms with E-state index in [9.17, 15) is 19.7 Å². The fourth-order valence-corrected chi connectivity index (χ4v) is 4.39. The van der Waals surface area contributed by atoms with Gasteiger partial charge in [0.2, 0.25) is 6.04 Å². The van der Waals surface area contributed by atoms with Gasteiger partial charge >= 0.3 is 11.9 Å². The van der Waals surface area contributed by atoms with Crippen molar-refractivity contribution in [2.45, 2.75) is 26.3 Å². The number of hydrogen-bond acceptors (Lipinski definition) is 6. The van der Waals surface area contributed by atoms with Crippen LogP contribution in [0.4, 0.5) is 0 Å². The Bertz CT molecular complexity index is 422. The van der Waals surface area contributed by atoms with Crippen LogP contribution in [-0.4, -0.2) is 41.6 Å². The summed E-state index contributed by atoms with van der Waals surface area (Å²) >= 11 is 2.05. The SMILES string of the molecule is COC(=O)C1(C(=O)OC)C[C@H](CI)[C@H]([N+](=O)[O-])[C@H]1C(C)C. The fourth-order valence-electron chi connectivity index (χ4n) is 3.55. The molecule has 0 aromatic heterocycles. The molecule has 0 unspecified atom stereocenters. The highest BCUT2D eigenvalue weighted by molar-refractivity contribution is 14.1. The van der Waals surface area contributed by atoms with E-state index in [2.05, 4.69) is 22.6 Å². The minimum absolute atomic E-state index is 0.0871. The molecule has 1 saturated carbocycles. The van der Waals surface area contributed by atoms with Crippen LogP contribution in [0.2, 0.25) is 0 Å². The van der Waals surface area contributed by atoms with Gasteiger partial charge in [-0.3, -0.25) is 19.7 Å². The Morgan fingerprint density at radius 3 is 2.10 bits per heavy atom. The number of nitrogens with zero attached hydrogens (tertiary/aromatic N) is 1. The first-order chi connectivity index (χ1) is 9.77. The molecule has 0 radical (unpaired) electrons. The Morgan fingerprint density at radius 2 is 1.81 bits per heavy atom. The zero-order valence-electron chi connectivity index (χ0n) is 12.5. The van der Waals surface area contributed by atoms with Crippen molar-refractivity contribution < 1.29 is 24.0 Å². The predicted octanol–water partition coefficient (Wildman–Crippen LogP) is 1.69. The summed E-state index contributed by atoms with van der Waals surface area (Å²) in [6.45, 7) is 3.55. The molecule has 0 aromatic carbocycles. The summed E-state index contributed by atoms with van der Waals surface area (Å²) in [4.78, 5) is 35.8. The maximum atomic E-state index is 12.3. The van der Waals surface area contributed by atoms with E-state index in [1.165, 1.54) is 14.2 Å². The minimum Gasteiger partial charge on any atom is -0.468 e. The van der Waals surface area contributed by atoms with Gasteiger partial charge in [0.1, 0.15) is 0 Å². The Labute approximate surface area is 137 Å². The lowest BCUT2D eigenvalue weighted by Gasteiger charge is -2.32. The molecule has 0 N–H and O–H groups in total. The van der Waals surface area contributed by atoms with Gasteiger partial charge in [-0.2, -0.15) is 0 Å². The number of nitro groups is 1. The van der Waals surface area contributed by atoms with Crippen molar-refractivity contribution in [1.29, 1.82) is 0 Å². The van der Waals surface area contributed by atoms with Gasteiger partial charge < -0.3 is 9.47 Å². The summed E-state index contributed by atoms with van der Waals surface area (Å²) in [5.41, 5.74) is -1.59. The number of halogens is 1. The Balaban J connectivity index is 3.49. The number of carbonyl (C=O) groups is 2. The standard InChI is InChI=1S/C13H20INO6/c1-7(2)9-10(15(18)19)8(6-14)5-13(9,11(16)20-3)12(17)21-4/h7-10H,5-6H2,1-4H3/t8-,9-,10+/m1/s1. The summed E-state index contributed by atoms with van der Waals surface area (Å²) in [5, 5.41) is 11.5. The molecule has 1 rings (SSSR count). The second-order valence-corrected chi connectivity index (χ2v) is 6.50. The van der Waals surface area contributed by atoms with Crippen molar-refractivity contribution in [1.82, 2.24) is 0 Å². The van der Waals surface area contributed by atoms with Crippen molar-refractivity contribution in [3.63, 3.8) is 0 Å². The van der Waals surface area contributed by atoms with Crippen molar-refractivity contribution in [3.8, 4) is 0 Å². The third-order valence-electron chi connectivity index (χ3n) is 4.26. The molecule has 0 saturated heterocycles. The van der Waals surface area contributed by atoms with Crippen LogP contribution in [0.1, 0.15) is 20.3 Å². The van der Waals surface area contributed by atoms with Crippen molar-refractivity contribution in [2.24, 2.45) is 23.2 Å². The average molecular weight is 413 g/mol. The summed E-state index contributed by atoms with van der Waals surface area (Å²) in [5.74, 6) is -2.83. The van der Waals surface area contributed by atoms with Gasteiger partial charge in [-0.25, -0.2) is 0 Å². The summed E-state index contributed by atoms with van der Waals surface area (Å²) in [6, 6.07) is -0.958. The molecule has 3 atom stereocenters. The van der Waals surface area contributed by atoms with Gasteiger partial charge in [0, 0.05) is 15.3 Å². The molecule has 120 valence electrons. The van der Waals surface area contributed by atoms with E-state index >= 15 is 0 Å². The van der Waals surface area contributed by atoms with Gasteiger partial charge in [0.05, 0.1) is 20.1 Å². The van der Waals surface area contributed by atoms with E-state index in [1.807, 2.05) is 0 Å². The highest BCUT2D eigenvalue weighted by atomic mass is 127. The van der Waals surface area contributed by atoms with Crippen LogP contribution >= 0.6 is 22.6 Å². The lowest BCUT2D eigenvalue weighted by molar-refractivity contribution is -0.538. The molecule has 0 heterocycles. The Hall–Kier alpha value is -0.930. The van der Waals surface area contributed by atoms with Crippen LogP contribution in [0.5, 0.6) is 0 Å². The fraction of sp³-hybridized carbons (Fsp3) is 0.846. The second kappa shape index (κ2) is 6.89. The molecule has 1 fully saturated rings. The van der Waals surface area contributed by atoms with Gasteiger partial charge in [-0.1, -0.05) is 36.4 Å². The average Bonchev–Trinajstić information content (AvgIpc) is 2.82. The van der Waals surface area contributed by atoms with Gasteiger partial charge in [-0.05, 0) is 12.3 Å². The van der Waals surface area contributed by atoms with E-state index in [0.717, 1.165) is 0 Å². The molecule has 0 aliphatic heterocycles. The van der Waals surface area contributed by atoms with E-state index in [-0.39, 0.29) is 23.2 Å². The maximum absolute atomic E-state index is 12.3. The highest BCUT2D eigenvalue weighted by Crippen LogP contribution is 2.53. The smallest absolute Gasteiger partial charge is 0.323 e. The molecule has 21 heavy (non-hydrogen) atoms. The normalized spacial score (nSPS) is 27.4. The molecule has 1 aliphatic rings. The van der Waals surface area contributed by atoms with Gasteiger partial charge in [-0.15, -0.1) is 0 Å². The number of ether oxygens (including phenoxy) is 2. The largest absolute Gasteiger partial charge is 0.468 e. The van der Waals surface area contributed by atoms with Crippen LogP contribution in [0.15, 0.2) is 0 Å². The highest BCUT2D eigenvalue weighted by Gasteiger charge is 2.68. The first kappa shape index (κ1) is 18.1. The van der Waals surface area contributed by atoms with E-state index < -0.39 is 29.3 Å². The second-order valence-electron chi connectivity index (χ2n) is 5.62. The number of hydrogen-bond donors (Lipinski definition) is 0. The minimum atomic E-state index is -1.59. The number of rotatable bonds is 5. The third kappa shape index (κ3) is 2.86. The Kier molecular flexibility index (Phi) is 5.94. The van der Waals surface area contributed by atoms with Crippen molar-refractivity contribution in [3.05, 3.63) is 10.1 Å². The van der Waals surface area contributed by atoms with Gasteiger partial charge in [0.25, 0.3) is 0 Å². The molecule has 7 nitrogen and oxygen atoms in total. The molecule has 0 spiro atoms. The zero-order valence-corrected chi connectivity index (χ0v) is 14.7. The van der Waals surface area contributed by atoms with Crippen LogP contribution in [0.3, 0.4) is 0 Å².